The van der Waals surface area contributed by atoms with Gasteiger partial charge in [0.2, 0.25) is 0 Å². The zero-order valence-corrected chi connectivity index (χ0v) is 17.8. The first-order valence-electron chi connectivity index (χ1n) is 9.94. The van der Waals surface area contributed by atoms with Gasteiger partial charge in [-0.25, -0.2) is 19.3 Å². The van der Waals surface area contributed by atoms with Crippen LogP contribution in [0.25, 0.3) is 22.3 Å². The SMILES string of the molecule is CC(C)[C@@H](OC(=O)c1cc(-c2ccccc2)nc2c1cnn2C(C)C)C(=O)NC(N)=O. The number of amides is 3. The van der Waals surface area contributed by atoms with E-state index in [0.29, 0.717) is 16.7 Å². The summed E-state index contributed by atoms with van der Waals surface area (Å²) in [6.45, 7) is 7.33. The van der Waals surface area contributed by atoms with Gasteiger partial charge >= 0.3 is 12.0 Å². The van der Waals surface area contributed by atoms with E-state index in [0.717, 1.165) is 5.56 Å². The number of hydrogen-bond donors (Lipinski definition) is 2. The summed E-state index contributed by atoms with van der Waals surface area (Å²) in [4.78, 5) is 41.2. The van der Waals surface area contributed by atoms with Crippen LogP contribution in [-0.2, 0) is 9.53 Å². The fourth-order valence-electron chi connectivity index (χ4n) is 3.19. The molecule has 3 amide bonds. The van der Waals surface area contributed by atoms with Gasteiger partial charge in [-0.2, -0.15) is 5.10 Å². The van der Waals surface area contributed by atoms with Crippen LogP contribution in [-0.4, -0.2) is 38.8 Å². The van der Waals surface area contributed by atoms with E-state index >= 15 is 0 Å². The minimum Gasteiger partial charge on any atom is -0.448 e. The number of urea groups is 1. The minimum atomic E-state index is -1.19. The Labute approximate surface area is 179 Å². The molecule has 162 valence electrons. The number of carbonyl (C=O) groups excluding carboxylic acids is 3. The normalized spacial score (nSPS) is 12.2. The Balaban J connectivity index is 2.08. The molecule has 9 heteroatoms. The zero-order chi connectivity index (χ0) is 22.7. The Morgan fingerprint density at radius 2 is 1.77 bits per heavy atom. The third-order valence-electron chi connectivity index (χ3n) is 4.69. The predicted molar refractivity (Wildman–Crippen MR) is 115 cm³/mol. The van der Waals surface area contributed by atoms with Gasteiger partial charge < -0.3 is 10.5 Å². The van der Waals surface area contributed by atoms with E-state index in [1.807, 2.05) is 49.5 Å². The van der Waals surface area contributed by atoms with Crippen molar-refractivity contribution in [2.24, 2.45) is 11.7 Å². The zero-order valence-electron chi connectivity index (χ0n) is 17.8. The third-order valence-corrected chi connectivity index (χ3v) is 4.69. The van der Waals surface area contributed by atoms with Crippen LogP contribution >= 0.6 is 0 Å². The van der Waals surface area contributed by atoms with Crippen molar-refractivity contribution in [3.05, 3.63) is 48.2 Å². The summed E-state index contributed by atoms with van der Waals surface area (Å²) >= 11 is 0. The van der Waals surface area contributed by atoms with Crippen LogP contribution in [0, 0.1) is 5.92 Å². The fourth-order valence-corrected chi connectivity index (χ4v) is 3.19. The highest BCUT2D eigenvalue weighted by Gasteiger charge is 2.29. The van der Waals surface area contributed by atoms with Gasteiger partial charge in [-0.15, -0.1) is 0 Å². The summed E-state index contributed by atoms with van der Waals surface area (Å²) in [5.74, 6) is -1.87. The molecule has 0 saturated heterocycles. The highest BCUT2D eigenvalue weighted by Crippen LogP contribution is 2.27. The van der Waals surface area contributed by atoms with Crippen LogP contribution in [0.2, 0.25) is 0 Å². The number of pyridine rings is 1. The monoisotopic (exact) mass is 423 g/mol. The summed E-state index contributed by atoms with van der Waals surface area (Å²) < 4.78 is 7.23. The first-order valence-corrected chi connectivity index (χ1v) is 9.94. The Morgan fingerprint density at radius 3 is 2.35 bits per heavy atom. The highest BCUT2D eigenvalue weighted by molar-refractivity contribution is 6.05. The number of primary amides is 1. The van der Waals surface area contributed by atoms with E-state index in [1.165, 1.54) is 0 Å². The lowest BCUT2D eigenvalue weighted by molar-refractivity contribution is -0.130. The lowest BCUT2D eigenvalue weighted by atomic mass is 10.1. The number of ether oxygens (including phenoxy) is 1. The molecule has 2 aromatic heterocycles. The molecule has 3 N–H and O–H groups in total. The topological polar surface area (TPSA) is 129 Å². The molecule has 0 spiro atoms. The van der Waals surface area contributed by atoms with Crippen molar-refractivity contribution in [1.29, 1.82) is 0 Å². The van der Waals surface area contributed by atoms with Gasteiger partial charge in [-0.3, -0.25) is 10.1 Å². The van der Waals surface area contributed by atoms with Gasteiger partial charge in [0.1, 0.15) is 0 Å². The number of esters is 1. The molecule has 0 aliphatic carbocycles. The second-order valence-corrected chi connectivity index (χ2v) is 7.76. The molecule has 2 heterocycles. The number of imide groups is 1. The van der Waals surface area contributed by atoms with E-state index in [9.17, 15) is 14.4 Å². The molecule has 3 rings (SSSR count). The van der Waals surface area contributed by atoms with Gasteiger partial charge in [-0.05, 0) is 25.8 Å². The molecule has 0 aliphatic heterocycles. The van der Waals surface area contributed by atoms with Gasteiger partial charge in [-0.1, -0.05) is 44.2 Å². The lowest BCUT2D eigenvalue weighted by Gasteiger charge is -2.20. The van der Waals surface area contributed by atoms with Crippen LogP contribution in [0.3, 0.4) is 0 Å². The molecule has 9 nitrogen and oxygen atoms in total. The summed E-state index contributed by atoms with van der Waals surface area (Å²) in [6, 6.07) is 10.0. The van der Waals surface area contributed by atoms with Crippen LogP contribution < -0.4 is 11.1 Å². The molecule has 31 heavy (non-hydrogen) atoms. The number of rotatable bonds is 6. The van der Waals surface area contributed by atoms with Gasteiger partial charge in [0, 0.05) is 11.6 Å². The van der Waals surface area contributed by atoms with E-state index in [2.05, 4.69) is 5.10 Å². The Kier molecular flexibility index (Phi) is 6.33. The summed E-state index contributed by atoms with van der Waals surface area (Å²) in [7, 11) is 0. The molecule has 1 atom stereocenters. The van der Waals surface area contributed by atoms with Crippen molar-refractivity contribution in [3.63, 3.8) is 0 Å². The molecule has 3 aromatic rings. The first-order chi connectivity index (χ1) is 14.7. The smallest absolute Gasteiger partial charge is 0.339 e. The molecule has 0 fully saturated rings. The number of nitrogens with one attached hydrogen (secondary N) is 1. The van der Waals surface area contributed by atoms with Gasteiger partial charge in [0.15, 0.2) is 11.8 Å². The predicted octanol–water partition coefficient (Wildman–Crippen LogP) is 3.06. The standard InChI is InChI=1S/C22H25N5O4/c1-12(2)18(20(28)26-22(23)30)31-21(29)15-10-17(14-8-6-5-7-9-14)25-19-16(15)11-24-27(19)13(3)4/h5-13,18H,1-4H3,(H3,23,26,28,30)/t18-/m1/s1. The maximum atomic E-state index is 13.1. The molecule has 1 aromatic carbocycles. The van der Waals surface area contributed by atoms with E-state index in [1.54, 1.807) is 30.8 Å². The first kappa shape index (κ1) is 21.9. The number of nitrogens with zero attached hydrogens (tertiary/aromatic N) is 3. The second kappa shape index (κ2) is 8.95. The van der Waals surface area contributed by atoms with E-state index in [4.69, 9.17) is 15.5 Å². The number of fused-ring (bicyclic) bond motifs is 1. The number of carbonyl (C=O) groups is 3. The molecule has 0 aliphatic rings. The summed E-state index contributed by atoms with van der Waals surface area (Å²) in [6.07, 6.45) is 0.366. The van der Waals surface area contributed by atoms with E-state index in [-0.39, 0.29) is 17.5 Å². The number of benzene rings is 1. The number of hydrogen-bond acceptors (Lipinski definition) is 6. The van der Waals surface area contributed by atoms with Crippen molar-refractivity contribution in [2.45, 2.75) is 39.8 Å². The maximum Gasteiger partial charge on any atom is 0.339 e. The fraction of sp³-hybridized carbons (Fsp3) is 0.318. The van der Waals surface area contributed by atoms with Crippen molar-refractivity contribution in [1.82, 2.24) is 20.1 Å². The van der Waals surface area contributed by atoms with E-state index < -0.39 is 24.0 Å². The molecule has 0 unspecified atom stereocenters. The molecular formula is C22H25N5O4. The Hall–Kier alpha value is -3.75. The molecular weight excluding hydrogens is 398 g/mol. The third kappa shape index (κ3) is 4.71. The average molecular weight is 423 g/mol. The molecule has 0 radical (unpaired) electrons. The van der Waals surface area contributed by atoms with Crippen molar-refractivity contribution in [3.8, 4) is 11.3 Å². The quantitative estimate of drug-likeness (QED) is 0.586. The Bertz CT molecular complexity index is 1120. The largest absolute Gasteiger partial charge is 0.448 e. The molecule has 0 saturated carbocycles. The Morgan fingerprint density at radius 1 is 1.10 bits per heavy atom. The lowest BCUT2D eigenvalue weighted by Crippen LogP contribution is -2.45. The second-order valence-electron chi connectivity index (χ2n) is 7.76. The number of aromatic nitrogens is 3. The number of nitrogens with two attached hydrogens (primary N) is 1. The van der Waals surface area contributed by atoms with Crippen molar-refractivity contribution < 1.29 is 19.1 Å². The van der Waals surface area contributed by atoms with Crippen LogP contribution in [0.1, 0.15) is 44.1 Å². The minimum absolute atomic E-state index is 0.0182. The van der Waals surface area contributed by atoms with Gasteiger partial charge in [0.05, 0.1) is 22.8 Å². The highest BCUT2D eigenvalue weighted by atomic mass is 16.5. The average Bonchev–Trinajstić information content (AvgIpc) is 3.15. The van der Waals surface area contributed by atoms with Crippen molar-refractivity contribution in [2.75, 3.05) is 0 Å². The summed E-state index contributed by atoms with van der Waals surface area (Å²) in [5, 5.41) is 6.85. The van der Waals surface area contributed by atoms with Crippen LogP contribution in [0.4, 0.5) is 4.79 Å². The van der Waals surface area contributed by atoms with Crippen molar-refractivity contribution >= 4 is 28.9 Å². The van der Waals surface area contributed by atoms with Crippen LogP contribution in [0.5, 0.6) is 0 Å². The summed E-state index contributed by atoms with van der Waals surface area (Å²) in [5.41, 5.74) is 7.19. The molecule has 0 bridgehead atoms. The van der Waals surface area contributed by atoms with Crippen LogP contribution in [0.15, 0.2) is 42.6 Å². The van der Waals surface area contributed by atoms with Gasteiger partial charge in [0.25, 0.3) is 5.91 Å². The maximum absolute atomic E-state index is 13.1.